The fourth-order valence-electron chi connectivity index (χ4n) is 1.66. The van der Waals surface area contributed by atoms with Gasteiger partial charge >= 0.3 is 0 Å². The summed E-state index contributed by atoms with van der Waals surface area (Å²) in [6.45, 7) is 1.74. The molecule has 1 aromatic carbocycles. The Labute approximate surface area is 89.6 Å². The number of aliphatic hydroxyl groups excluding tert-OH is 1. The summed E-state index contributed by atoms with van der Waals surface area (Å²) < 4.78 is 5.54. The lowest BCUT2D eigenvalue weighted by molar-refractivity contribution is 0.311. The molecule has 0 radical (unpaired) electrons. The molecule has 1 aliphatic heterocycles. The van der Waals surface area contributed by atoms with E-state index in [-0.39, 0.29) is 6.61 Å². The Kier molecular flexibility index (Phi) is 2.92. The predicted molar refractivity (Wildman–Crippen MR) is 61.3 cm³/mol. The minimum Gasteiger partial charge on any atom is -0.490 e. The third-order valence-electron chi connectivity index (χ3n) is 2.49. The predicted octanol–water partition coefficient (Wildman–Crippen LogP) is 1.52. The normalized spacial score (nSPS) is 15.2. The summed E-state index contributed by atoms with van der Waals surface area (Å²) in [7, 11) is 2.06. The third kappa shape index (κ3) is 2.13. The largest absolute Gasteiger partial charge is 0.490 e. The van der Waals surface area contributed by atoms with E-state index in [0.717, 1.165) is 30.2 Å². The van der Waals surface area contributed by atoms with Crippen LogP contribution < -0.4 is 9.64 Å². The molecule has 0 unspecified atom stereocenters. The van der Waals surface area contributed by atoms with Crippen molar-refractivity contribution < 1.29 is 9.84 Å². The molecule has 0 amide bonds. The second-order valence-corrected chi connectivity index (χ2v) is 3.58. The van der Waals surface area contributed by atoms with Gasteiger partial charge in [0, 0.05) is 7.05 Å². The number of benzene rings is 1. The summed E-state index contributed by atoms with van der Waals surface area (Å²) in [6, 6.07) is 6.03. The van der Waals surface area contributed by atoms with Crippen LogP contribution in [-0.4, -0.2) is 31.9 Å². The number of hydrogen-bond donors (Lipinski definition) is 1. The average Bonchev–Trinajstić information content (AvgIpc) is 2.27. The van der Waals surface area contributed by atoms with Crippen LogP contribution in [0.3, 0.4) is 0 Å². The second kappa shape index (κ2) is 4.36. The minimum atomic E-state index is 0.0728. The molecule has 0 aromatic heterocycles. The first-order chi connectivity index (χ1) is 7.31. The van der Waals surface area contributed by atoms with Crippen molar-refractivity contribution in [2.75, 3.05) is 31.7 Å². The third-order valence-corrected chi connectivity index (χ3v) is 2.49. The van der Waals surface area contributed by atoms with Gasteiger partial charge in [0.2, 0.25) is 0 Å². The molecular formula is C12H15NO2. The van der Waals surface area contributed by atoms with Crippen molar-refractivity contribution in [3.8, 4) is 5.75 Å². The Morgan fingerprint density at radius 3 is 3.20 bits per heavy atom. The molecule has 0 fully saturated rings. The lowest BCUT2D eigenvalue weighted by Gasteiger charge is -2.27. The van der Waals surface area contributed by atoms with Gasteiger partial charge in [0.15, 0.2) is 0 Å². The van der Waals surface area contributed by atoms with Crippen LogP contribution in [0.25, 0.3) is 6.08 Å². The smallest absolute Gasteiger partial charge is 0.142 e. The van der Waals surface area contributed by atoms with Gasteiger partial charge in [0.05, 0.1) is 18.8 Å². The van der Waals surface area contributed by atoms with E-state index >= 15 is 0 Å². The number of fused-ring (bicyclic) bond motifs is 1. The van der Waals surface area contributed by atoms with Crippen LogP contribution in [-0.2, 0) is 0 Å². The summed E-state index contributed by atoms with van der Waals surface area (Å²) in [4.78, 5) is 2.18. The molecular weight excluding hydrogens is 190 g/mol. The summed E-state index contributed by atoms with van der Waals surface area (Å²) >= 11 is 0. The van der Waals surface area contributed by atoms with Gasteiger partial charge in [-0.2, -0.15) is 0 Å². The van der Waals surface area contributed by atoms with Gasteiger partial charge < -0.3 is 14.7 Å². The van der Waals surface area contributed by atoms with Gasteiger partial charge in [-0.05, 0) is 17.7 Å². The maximum absolute atomic E-state index is 8.70. The SMILES string of the molecule is CN1CCOc2ccc(/C=C/CO)cc21. The highest BCUT2D eigenvalue weighted by atomic mass is 16.5. The van der Waals surface area contributed by atoms with Crippen molar-refractivity contribution in [1.82, 2.24) is 0 Å². The van der Waals surface area contributed by atoms with Gasteiger partial charge in [0.1, 0.15) is 12.4 Å². The molecule has 0 bridgehead atoms. The van der Waals surface area contributed by atoms with E-state index in [1.165, 1.54) is 0 Å². The van der Waals surface area contributed by atoms with Crippen molar-refractivity contribution >= 4 is 11.8 Å². The van der Waals surface area contributed by atoms with Crippen LogP contribution in [0.5, 0.6) is 5.75 Å². The van der Waals surface area contributed by atoms with Crippen LogP contribution in [0.2, 0.25) is 0 Å². The number of anilines is 1. The number of ether oxygens (including phenoxy) is 1. The highest BCUT2D eigenvalue weighted by Gasteiger charge is 2.14. The number of aliphatic hydroxyl groups is 1. The first-order valence-corrected chi connectivity index (χ1v) is 5.06. The van der Waals surface area contributed by atoms with E-state index in [4.69, 9.17) is 9.84 Å². The molecule has 0 atom stereocenters. The zero-order valence-corrected chi connectivity index (χ0v) is 8.81. The molecule has 1 N–H and O–H groups in total. The van der Waals surface area contributed by atoms with Gasteiger partial charge in [-0.1, -0.05) is 18.2 Å². The summed E-state index contributed by atoms with van der Waals surface area (Å²) in [6.07, 6.45) is 3.63. The average molecular weight is 205 g/mol. The Bertz CT molecular complexity index is 374. The van der Waals surface area contributed by atoms with E-state index in [0.29, 0.717) is 0 Å². The van der Waals surface area contributed by atoms with Crippen LogP contribution >= 0.6 is 0 Å². The highest BCUT2D eigenvalue weighted by Crippen LogP contribution is 2.31. The van der Waals surface area contributed by atoms with Crippen molar-refractivity contribution in [1.29, 1.82) is 0 Å². The van der Waals surface area contributed by atoms with Gasteiger partial charge in [0.25, 0.3) is 0 Å². The van der Waals surface area contributed by atoms with E-state index < -0.39 is 0 Å². The molecule has 2 rings (SSSR count). The minimum absolute atomic E-state index is 0.0728. The molecule has 80 valence electrons. The Morgan fingerprint density at radius 2 is 2.40 bits per heavy atom. The monoisotopic (exact) mass is 205 g/mol. The zero-order chi connectivity index (χ0) is 10.7. The van der Waals surface area contributed by atoms with Gasteiger partial charge in [-0.3, -0.25) is 0 Å². The van der Waals surface area contributed by atoms with Crippen LogP contribution in [0.4, 0.5) is 5.69 Å². The molecule has 1 aromatic rings. The Hall–Kier alpha value is -1.48. The van der Waals surface area contributed by atoms with Crippen LogP contribution in [0.1, 0.15) is 5.56 Å². The number of nitrogens with zero attached hydrogens (tertiary/aromatic N) is 1. The lowest BCUT2D eigenvalue weighted by Crippen LogP contribution is -2.28. The van der Waals surface area contributed by atoms with E-state index in [1.807, 2.05) is 18.2 Å². The maximum atomic E-state index is 8.70. The summed E-state index contributed by atoms with van der Waals surface area (Å²) in [5.74, 6) is 0.935. The zero-order valence-electron chi connectivity index (χ0n) is 8.81. The topological polar surface area (TPSA) is 32.7 Å². The summed E-state index contributed by atoms with van der Waals surface area (Å²) in [5, 5.41) is 8.70. The molecule has 0 saturated carbocycles. The second-order valence-electron chi connectivity index (χ2n) is 3.58. The summed E-state index contributed by atoms with van der Waals surface area (Å²) in [5.41, 5.74) is 2.20. The van der Waals surface area contributed by atoms with Crippen molar-refractivity contribution in [2.24, 2.45) is 0 Å². The van der Waals surface area contributed by atoms with Crippen LogP contribution in [0.15, 0.2) is 24.3 Å². The Morgan fingerprint density at radius 1 is 1.53 bits per heavy atom. The molecule has 0 aliphatic carbocycles. The van der Waals surface area contributed by atoms with Crippen molar-refractivity contribution in [3.63, 3.8) is 0 Å². The quantitative estimate of drug-likeness (QED) is 0.794. The molecule has 15 heavy (non-hydrogen) atoms. The standard InChI is InChI=1S/C12H15NO2/c1-13-6-8-15-12-5-4-10(3-2-7-14)9-11(12)13/h2-5,9,14H,6-8H2,1H3/b3-2+. The maximum Gasteiger partial charge on any atom is 0.142 e. The highest BCUT2D eigenvalue weighted by molar-refractivity contribution is 5.66. The van der Waals surface area contributed by atoms with E-state index in [9.17, 15) is 0 Å². The van der Waals surface area contributed by atoms with Gasteiger partial charge in [-0.25, -0.2) is 0 Å². The lowest BCUT2D eigenvalue weighted by atomic mass is 10.1. The molecule has 1 heterocycles. The molecule has 3 heteroatoms. The van der Waals surface area contributed by atoms with E-state index in [1.54, 1.807) is 6.08 Å². The Balaban J connectivity index is 2.31. The van der Waals surface area contributed by atoms with E-state index in [2.05, 4.69) is 18.0 Å². The fraction of sp³-hybridized carbons (Fsp3) is 0.333. The van der Waals surface area contributed by atoms with Gasteiger partial charge in [-0.15, -0.1) is 0 Å². The number of rotatable bonds is 2. The first kappa shape index (κ1) is 10.1. The fourth-order valence-corrected chi connectivity index (χ4v) is 1.66. The van der Waals surface area contributed by atoms with Crippen molar-refractivity contribution in [3.05, 3.63) is 29.8 Å². The van der Waals surface area contributed by atoms with Crippen molar-refractivity contribution in [2.45, 2.75) is 0 Å². The van der Waals surface area contributed by atoms with Crippen LogP contribution in [0, 0.1) is 0 Å². The molecule has 0 spiro atoms. The molecule has 0 saturated heterocycles. The molecule has 1 aliphatic rings. The first-order valence-electron chi connectivity index (χ1n) is 5.06. The molecule has 3 nitrogen and oxygen atoms in total. The number of hydrogen-bond acceptors (Lipinski definition) is 3. The number of likely N-dealkylation sites (N-methyl/N-ethyl adjacent to an activating group) is 1.